The van der Waals surface area contributed by atoms with Crippen molar-refractivity contribution >= 4 is 121 Å². The fourth-order valence-electron chi connectivity index (χ4n) is 10.1. The van der Waals surface area contributed by atoms with Gasteiger partial charge in [-0.3, -0.25) is 23.2 Å². The van der Waals surface area contributed by atoms with Crippen LogP contribution in [0.3, 0.4) is 0 Å². The zero-order chi connectivity index (χ0) is 81.3. The molecule has 606 valence electrons. The van der Waals surface area contributed by atoms with Gasteiger partial charge in [0.1, 0.15) is 37.0 Å². The van der Waals surface area contributed by atoms with Crippen molar-refractivity contribution in [1.82, 2.24) is 83.1 Å². The molecular formula is C68H86Cl2FN21O17P4. The van der Waals surface area contributed by atoms with E-state index in [1.165, 1.54) is 53.9 Å². The highest BCUT2D eigenvalue weighted by molar-refractivity contribution is 7.58. The van der Waals surface area contributed by atoms with E-state index < -0.39 is 29.5 Å². The predicted octanol–water partition coefficient (Wildman–Crippen LogP) is 10.9. The van der Waals surface area contributed by atoms with Crippen LogP contribution in [-0.4, -0.2) is 197 Å². The number of nitrogen functional groups attached to an aromatic ring is 4. The molecule has 113 heavy (non-hydrogen) atoms. The Balaban J connectivity index is 0.000000173. The topological polar surface area (TPSA) is 480 Å². The maximum Gasteiger partial charge on any atom is 0.246 e. The zero-order valence-corrected chi connectivity index (χ0v) is 68.1. The van der Waals surface area contributed by atoms with Gasteiger partial charge in [-0.25, -0.2) is 24.3 Å². The Labute approximate surface area is 657 Å². The van der Waals surface area contributed by atoms with E-state index in [9.17, 15) is 22.7 Å². The van der Waals surface area contributed by atoms with Crippen LogP contribution >= 0.6 is 52.7 Å². The Kier molecular flexibility index (Phi) is 32.0. The summed E-state index contributed by atoms with van der Waals surface area (Å²) < 4.78 is 140. The summed E-state index contributed by atoms with van der Waals surface area (Å²) in [7, 11) is -4.22. The lowest BCUT2D eigenvalue weighted by Crippen LogP contribution is -2.08. The van der Waals surface area contributed by atoms with Crippen LogP contribution in [0.1, 0.15) is 22.3 Å². The molecule has 0 saturated heterocycles. The average molecular weight is 1680 g/mol. The van der Waals surface area contributed by atoms with Crippen LogP contribution < -0.4 is 46.6 Å². The molecular weight excluding hydrogens is 1600 g/mol. The lowest BCUT2D eigenvalue weighted by Gasteiger charge is -2.15. The molecule has 0 aliphatic rings. The van der Waals surface area contributed by atoms with Crippen LogP contribution in [0.4, 0.5) is 28.2 Å². The van der Waals surface area contributed by atoms with Gasteiger partial charge in [0.05, 0.1) is 119 Å². The molecule has 0 aliphatic carbocycles. The summed E-state index contributed by atoms with van der Waals surface area (Å²) in [6, 6.07) is 22.1. The van der Waals surface area contributed by atoms with Crippen molar-refractivity contribution in [3.05, 3.63) is 155 Å². The number of fused-ring (bicyclic) bond motifs is 4. The van der Waals surface area contributed by atoms with Gasteiger partial charge in [0.25, 0.3) is 0 Å². The van der Waals surface area contributed by atoms with E-state index in [4.69, 9.17) is 107 Å². The zero-order valence-electron chi connectivity index (χ0n) is 63.1. The molecule has 45 heteroatoms. The maximum atomic E-state index is 13.2. The molecule has 12 aromatic rings. The van der Waals surface area contributed by atoms with Crippen molar-refractivity contribution in [3.63, 3.8) is 0 Å². The third kappa shape index (κ3) is 26.4. The van der Waals surface area contributed by atoms with Gasteiger partial charge in [0.15, 0.2) is 44.7 Å². The Hall–Kier alpha value is -9.68. The van der Waals surface area contributed by atoms with E-state index in [1.807, 2.05) is 18.2 Å². The van der Waals surface area contributed by atoms with Crippen LogP contribution in [0.25, 0.3) is 44.7 Å². The molecule has 38 nitrogen and oxygen atoms in total. The average Bonchev–Trinajstić information content (AvgIpc) is 1.69. The number of imidazole rings is 4. The molecule has 3 aromatic carbocycles. The Morgan fingerprint density at radius 3 is 1.04 bits per heavy atom. The molecule has 0 spiro atoms. The number of nitrogens with two attached hydrogens (primary N) is 4. The number of nitrogens with zero attached hydrogens (tertiary/aromatic N) is 17. The van der Waals surface area contributed by atoms with Gasteiger partial charge in [0, 0.05) is 70.3 Å². The molecule has 0 radical (unpaired) electrons. The molecule has 4 unspecified atom stereocenters. The Bertz CT molecular complexity index is 5190. The van der Waals surface area contributed by atoms with Crippen molar-refractivity contribution in [3.8, 4) is 29.3 Å². The normalized spacial score (nSPS) is 13.5. The van der Waals surface area contributed by atoms with Gasteiger partial charge in [-0.15, -0.1) is 0 Å². The minimum Gasteiger partial charge on any atom is -0.495 e. The number of anilines is 4. The van der Waals surface area contributed by atoms with Crippen molar-refractivity contribution in [2.24, 2.45) is 0 Å². The number of ether oxygens (including phenoxy) is 9. The molecule has 0 amide bonds. The second-order valence-electron chi connectivity index (χ2n) is 24.7. The van der Waals surface area contributed by atoms with E-state index in [2.05, 4.69) is 64.8 Å². The fourth-order valence-corrected chi connectivity index (χ4v) is 14.4. The molecule has 0 fully saturated rings. The molecule has 0 bridgehead atoms. The minimum absolute atomic E-state index is 0.000634. The fraction of sp³-hybridized carbons (Fsp3) is 0.368. The summed E-state index contributed by atoms with van der Waals surface area (Å²) in [4.78, 5) is 53.6. The summed E-state index contributed by atoms with van der Waals surface area (Å²) in [5.41, 5.74) is 30.1. The standard InChI is InChI=1S/C18H23ClN5O5P.C17H21ClN5O4P.C17H21FN5O4P.C16H21N6O4P/c1-26-14-5-4-12(8-13(14)19)9-29-30(3,25)11-28-7-6-24-10-21-15-16(24)22-18(20)23-17(15)27-2;2*1-25-16-14-15(21-17(19)22-16)23(10-20-14)6-7-26-11-28(2,24)27-9-12-4-3-5-13(18)8-12;1-24-15-13-14(20-16(17)21-15)22(10-19-13)6-7-25-11-27(2,23)26-9-12-4-3-5-18-8-12/h4-5,8,10H,6-7,9,11H2,1-3H3,(H2,20,22,23);2*3-5,8,10H,6-7,9,11H2,1-2H3,(H2,19,21,22);3-5,8,10H,6-7,9,11H2,1-2H3,(H2,17,20,21). The van der Waals surface area contributed by atoms with E-state index in [-0.39, 0.29) is 94.6 Å². The first-order valence-electron chi connectivity index (χ1n) is 34.0. The lowest BCUT2D eigenvalue weighted by molar-refractivity contribution is 0.153. The number of methoxy groups -OCH3 is 5. The first-order valence-corrected chi connectivity index (χ1v) is 43.8. The lowest BCUT2D eigenvalue weighted by atomic mass is 10.2. The predicted molar refractivity (Wildman–Crippen MR) is 422 cm³/mol. The largest absolute Gasteiger partial charge is 0.495 e. The summed E-state index contributed by atoms with van der Waals surface area (Å²) in [6.45, 7) is 9.67. The highest BCUT2D eigenvalue weighted by Crippen LogP contribution is 2.46. The summed E-state index contributed by atoms with van der Waals surface area (Å²) in [5, 5.41) is 1.08. The second-order valence-corrected chi connectivity index (χ2v) is 35.7. The first kappa shape index (κ1) is 87.3. The first-order chi connectivity index (χ1) is 54.1. The van der Waals surface area contributed by atoms with Crippen LogP contribution in [0, 0.1) is 5.82 Å². The molecule has 12 rings (SSSR count). The molecule has 0 saturated carbocycles. The van der Waals surface area contributed by atoms with Crippen LogP contribution in [0.15, 0.2) is 117 Å². The number of rotatable bonds is 37. The monoisotopic (exact) mass is 1680 g/mol. The number of aromatic nitrogens is 17. The smallest absolute Gasteiger partial charge is 0.246 e. The van der Waals surface area contributed by atoms with E-state index in [0.29, 0.717) is 129 Å². The molecule has 0 aliphatic heterocycles. The van der Waals surface area contributed by atoms with Crippen LogP contribution in [-0.2, 0) is 108 Å². The number of hydrogen-bond donors (Lipinski definition) is 4. The summed E-state index contributed by atoms with van der Waals surface area (Å²) in [6.07, 6.45) is 9.66. The summed E-state index contributed by atoms with van der Waals surface area (Å²) >= 11 is 12.0. The highest BCUT2D eigenvalue weighted by Gasteiger charge is 2.23. The van der Waals surface area contributed by atoms with Gasteiger partial charge < -0.3 is 102 Å². The molecule has 9 heterocycles. The van der Waals surface area contributed by atoms with Crippen LogP contribution in [0.2, 0.25) is 10.0 Å². The number of benzene rings is 3. The van der Waals surface area contributed by atoms with E-state index >= 15 is 0 Å². The highest BCUT2D eigenvalue weighted by atomic mass is 35.5. The van der Waals surface area contributed by atoms with Gasteiger partial charge >= 0.3 is 0 Å². The Morgan fingerprint density at radius 2 is 0.726 bits per heavy atom. The van der Waals surface area contributed by atoms with Crippen molar-refractivity contribution < 1.29 is 83.4 Å². The molecule has 8 N–H and O–H groups in total. The van der Waals surface area contributed by atoms with Crippen molar-refractivity contribution in [1.29, 1.82) is 0 Å². The van der Waals surface area contributed by atoms with Gasteiger partial charge in [0.2, 0.25) is 76.8 Å². The van der Waals surface area contributed by atoms with Crippen LogP contribution in [0.5, 0.6) is 29.3 Å². The van der Waals surface area contributed by atoms with Gasteiger partial charge in [-0.05, 0) is 64.7 Å². The number of pyridine rings is 1. The third-order valence-electron chi connectivity index (χ3n) is 15.5. The van der Waals surface area contributed by atoms with Crippen molar-refractivity contribution in [2.45, 2.75) is 52.6 Å². The van der Waals surface area contributed by atoms with Gasteiger partial charge in [-0.1, -0.05) is 59.6 Å². The molecule has 4 atom stereocenters. The minimum atomic E-state index is -2.98. The third-order valence-corrected chi connectivity index (χ3v) is 21.4. The van der Waals surface area contributed by atoms with Gasteiger partial charge in [-0.2, -0.15) is 39.9 Å². The SMILES string of the molecule is COc1ccc(COP(C)(=O)COCCn2cnc3c(OC)nc(N)nc32)cc1Cl.COc1nc(N)nc2c1ncn2CCOCP(C)(=O)OCc1cccc(Cl)c1.COc1nc(N)nc2c1ncn2CCOCP(C)(=O)OCc1cccc(F)c1.COc1nc(N)nc2c1ncn2CCOCP(C)(=O)OCc1cccnc1. The Morgan fingerprint density at radius 1 is 0.398 bits per heavy atom. The van der Waals surface area contributed by atoms with E-state index in [0.717, 1.165) is 16.7 Å². The quantitative estimate of drug-likeness (QED) is 0.0207. The second kappa shape index (κ2) is 41.4. The van der Waals surface area contributed by atoms with Crippen molar-refractivity contribution in [2.75, 3.05) is 137 Å². The molecule has 9 aromatic heterocycles. The number of hydrogen-bond acceptors (Lipinski definition) is 34. The summed E-state index contributed by atoms with van der Waals surface area (Å²) in [5.74, 6) is 1.81. The van der Waals surface area contributed by atoms with E-state index in [1.54, 1.807) is 125 Å². The maximum absolute atomic E-state index is 13.2. The number of halogens is 3.